The van der Waals surface area contributed by atoms with E-state index in [2.05, 4.69) is 25.5 Å². The second-order valence-electron chi connectivity index (χ2n) is 10.0. The first kappa shape index (κ1) is 25.8. The molecule has 2 fully saturated rings. The first-order valence-electron chi connectivity index (χ1n) is 13.4. The maximum atomic E-state index is 13.0. The number of carbonyl (C=O) groups excluding carboxylic acids is 3. The molecule has 1 aromatic heterocycles. The highest BCUT2D eigenvalue weighted by Crippen LogP contribution is 2.41. The number of esters is 1. The van der Waals surface area contributed by atoms with Gasteiger partial charge in [-0.05, 0) is 56.2 Å². The SMILES string of the molecule is CCOC(=O)C1(Nc2nc(Nc3ccc(N4CCOCC4)cc3)ncc2CN2C(=O)c3ccccc3C2=O)CC1. The minimum absolute atomic E-state index is 0.0396. The first-order chi connectivity index (χ1) is 19.5. The fraction of sp³-hybridized carbons (Fsp3) is 0.345. The van der Waals surface area contributed by atoms with E-state index in [1.54, 1.807) is 37.4 Å². The lowest BCUT2D eigenvalue weighted by atomic mass is 10.1. The Kier molecular flexibility index (Phi) is 6.81. The van der Waals surface area contributed by atoms with Crippen molar-refractivity contribution in [2.24, 2.45) is 0 Å². The molecular formula is C29H30N6O5. The molecule has 2 aliphatic heterocycles. The van der Waals surface area contributed by atoms with Crippen LogP contribution in [0.1, 0.15) is 46.0 Å². The number of fused-ring (bicyclic) bond motifs is 1. The van der Waals surface area contributed by atoms with E-state index in [0.717, 1.165) is 24.5 Å². The molecule has 0 bridgehead atoms. The third-order valence-electron chi connectivity index (χ3n) is 7.34. The summed E-state index contributed by atoms with van der Waals surface area (Å²) in [5.74, 6) is -0.424. The number of nitrogens with zero attached hydrogens (tertiary/aromatic N) is 4. The molecular weight excluding hydrogens is 512 g/mol. The molecule has 2 aromatic carbocycles. The number of morpholine rings is 1. The lowest BCUT2D eigenvalue weighted by Crippen LogP contribution is -2.36. The van der Waals surface area contributed by atoms with Crippen LogP contribution >= 0.6 is 0 Å². The predicted octanol–water partition coefficient (Wildman–Crippen LogP) is 3.36. The second-order valence-corrected chi connectivity index (χ2v) is 10.0. The van der Waals surface area contributed by atoms with Crippen molar-refractivity contribution in [2.75, 3.05) is 48.4 Å². The minimum Gasteiger partial charge on any atom is -0.464 e. The number of nitrogens with one attached hydrogen (secondary N) is 2. The molecule has 0 unspecified atom stereocenters. The number of imide groups is 1. The van der Waals surface area contributed by atoms with E-state index in [4.69, 9.17) is 9.47 Å². The average molecular weight is 543 g/mol. The third-order valence-corrected chi connectivity index (χ3v) is 7.34. The monoisotopic (exact) mass is 542 g/mol. The number of ether oxygens (including phenoxy) is 2. The summed E-state index contributed by atoms with van der Waals surface area (Å²) in [4.78, 5) is 51.3. The van der Waals surface area contributed by atoms with Crippen molar-refractivity contribution in [3.63, 3.8) is 0 Å². The van der Waals surface area contributed by atoms with E-state index >= 15 is 0 Å². The van der Waals surface area contributed by atoms with Gasteiger partial charge in [0.1, 0.15) is 11.4 Å². The summed E-state index contributed by atoms with van der Waals surface area (Å²) in [7, 11) is 0. The fourth-order valence-electron chi connectivity index (χ4n) is 4.95. The Morgan fingerprint density at radius 2 is 1.70 bits per heavy atom. The van der Waals surface area contributed by atoms with Gasteiger partial charge in [0.05, 0.1) is 37.5 Å². The lowest BCUT2D eigenvalue weighted by Gasteiger charge is -2.28. The lowest BCUT2D eigenvalue weighted by molar-refractivity contribution is -0.145. The van der Waals surface area contributed by atoms with Gasteiger partial charge in [-0.15, -0.1) is 0 Å². The third kappa shape index (κ3) is 4.95. The number of anilines is 4. The van der Waals surface area contributed by atoms with Gasteiger partial charge in [0.25, 0.3) is 11.8 Å². The largest absolute Gasteiger partial charge is 0.464 e. The van der Waals surface area contributed by atoms with Crippen LogP contribution < -0.4 is 15.5 Å². The van der Waals surface area contributed by atoms with Crippen LogP contribution in [0.5, 0.6) is 0 Å². The number of carbonyl (C=O) groups is 3. The zero-order valence-corrected chi connectivity index (χ0v) is 22.2. The van der Waals surface area contributed by atoms with Crippen molar-refractivity contribution >= 4 is 40.9 Å². The number of rotatable bonds is 9. The molecule has 0 atom stereocenters. The highest BCUT2D eigenvalue weighted by molar-refractivity contribution is 6.21. The van der Waals surface area contributed by atoms with Gasteiger partial charge in [0, 0.05) is 36.2 Å². The number of benzene rings is 2. The van der Waals surface area contributed by atoms with Gasteiger partial charge in [-0.3, -0.25) is 14.5 Å². The standard InChI is InChI=1S/C29H30N6O5/c1-2-40-27(38)29(11-12-29)33-24-19(18-35-25(36)22-5-3-4-6-23(22)26(35)37)17-30-28(32-24)31-20-7-9-21(10-8-20)34-13-15-39-16-14-34/h3-10,17H,2,11-16,18H2,1H3,(H2,30,31,32,33). The molecule has 0 spiro atoms. The van der Waals surface area contributed by atoms with Gasteiger partial charge in [-0.25, -0.2) is 9.78 Å². The maximum absolute atomic E-state index is 13.0. The van der Waals surface area contributed by atoms with Crippen molar-refractivity contribution in [2.45, 2.75) is 31.8 Å². The predicted molar refractivity (Wildman–Crippen MR) is 148 cm³/mol. The fourth-order valence-corrected chi connectivity index (χ4v) is 4.95. The highest BCUT2D eigenvalue weighted by atomic mass is 16.5. The molecule has 2 N–H and O–H groups in total. The Hall–Kier alpha value is -4.51. The Bertz CT molecular complexity index is 1410. The number of amides is 2. The second kappa shape index (κ2) is 10.6. The number of hydrogen-bond acceptors (Lipinski definition) is 10. The van der Waals surface area contributed by atoms with Crippen molar-refractivity contribution < 1.29 is 23.9 Å². The molecule has 40 heavy (non-hydrogen) atoms. The molecule has 1 saturated carbocycles. The Balaban J connectivity index is 1.25. The molecule has 1 aliphatic carbocycles. The van der Waals surface area contributed by atoms with Gasteiger partial charge in [0.15, 0.2) is 0 Å². The quantitative estimate of drug-likeness (QED) is 0.307. The topological polar surface area (TPSA) is 126 Å². The van der Waals surface area contributed by atoms with Crippen LogP contribution in [0, 0.1) is 0 Å². The summed E-state index contributed by atoms with van der Waals surface area (Å²) in [5.41, 5.74) is 2.26. The highest BCUT2D eigenvalue weighted by Gasteiger charge is 2.52. The molecule has 11 heteroatoms. The van der Waals surface area contributed by atoms with Crippen LogP contribution in [0.15, 0.2) is 54.7 Å². The van der Waals surface area contributed by atoms with Gasteiger partial charge in [0.2, 0.25) is 5.95 Å². The summed E-state index contributed by atoms with van der Waals surface area (Å²) in [6, 6.07) is 14.7. The van der Waals surface area contributed by atoms with E-state index in [0.29, 0.717) is 54.5 Å². The van der Waals surface area contributed by atoms with E-state index in [9.17, 15) is 14.4 Å². The molecule has 1 saturated heterocycles. The molecule has 2 amide bonds. The Morgan fingerprint density at radius 3 is 2.33 bits per heavy atom. The molecule has 206 valence electrons. The van der Waals surface area contributed by atoms with E-state index in [1.165, 1.54) is 4.90 Å². The van der Waals surface area contributed by atoms with E-state index in [-0.39, 0.29) is 30.9 Å². The summed E-state index contributed by atoms with van der Waals surface area (Å²) in [5, 5.41) is 6.47. The van der Waals surface area contributed by atoms with Crippen LogP contribution in [0.2, 0.25) is 0 Å². The number of hydrogen-bond donors (Lipinski definition) is 2. The van der Waals surface area contributed by atoms with Gasteiger partial charge < -0.3 is 25.0 Å². The maximum Gasteiger partial charge on any atom is 0.331 e. The first-order valence-corrected chi connectivity index (χ1v) is 13.4. The molecule has 3 aliphatic rings. The van der Waals surface area contributed by atoms with Crippen molar-refractivity contribution in [3.8, 4) is 0 Å². The van der Waals surface area contributed by atoms with Crippen LogP contribution in [-0.4, -0.2) is 71.1 Å². The van der Waals surface area contributed by atoms with E-state index in [1.807, 2.05) is 24.3 Å². The van der Waals surface area contributed by atoms with E-state index < -0.39 is 5.54 Å². The van der Waals surface area contributed by atoms with Crippen LogP contribution in [0.4, 0.5) is 23.1 Å². The Morgan fingerprint density at radius 1 is 1.02 bits per heavy atom. The summed E-state index contributed by atoms with van der Waals surface area (Å²) in [6.45, 7) is 5.11. The number of aromatic nitrogens is 2. The summed E-state index contributed by atoms with van der Waals surface area (Å²) >= 11 is 0. The summed E-state index contributed by atoms with van der Waals surface area (Å²) < 4.78 is 10.7. The molecule has 6 rings (SSSR count). The zero-order chi connectivity index (χ0) is 27.7. The Labute approximate surface area is 231 Å². The molecule has 11 nitrogen and oxygen atoms in total. The van der Waals surface area contributed by atoms with Gasteiger partial charge in [-0.1, -0.05) is 12.1 Å². The molecule has 3 aromatic rings. The minimum atomic E-state index is -0.891. The normalized spacial score (nSPS) is 17.4. The van der Waals surface area contributed by atoms with Crippen LogP contribution in [0.3, 0.4) is 0 Å². The van der Waals surface area contributed by atoms with Crippen molar-refractivity contribution in [1.29, 1.82) is 0 Å². The van der Waals surface area contributed by atoms with Crippen molar-refractivity contribution in [3.05, 3.63) is 71.4 Å². The van der Waals surface area contributed by atoms with Gasteiger partial charge >= 0.3 is 5.97 Å². The smallest absolute Gasteiger partial charge is 0.331 e. The van der Waals surface area contributed by atoms with Crippen molar-refractivity contribution in [1.82, 2.24) is 14.9 Å². The van der Waals surface area contributed by atoms with Crippen LogP contribution in [0.25, 0.3) is 0 Å². The molecule has 0 radical (unpaired) electrons. The molecule has 3 heterocycles. The van der Waals surface area contributed by atoms with Crippen LogP contribution in [-0.2, 0) is 20.8 Å². The summed E-state index contributed by atoms with van der Waals surface area (Å²) in [6.07, 6.45) is 2.76. The van der Waals surface area contributed by atoms with Gasteiger partial charge in [-0.2, -0.15) is 4.98 Å². The zero-order valence-electron chi connectivity index (χ0n) is 22.2. The average Bonchev–Trinajstić information content (AvgIpc) is 3.73.